The van der Waals surface area contributed by atoms with Gasteiger partial charge in [0.1, 0.15) is 11.5 Å². The van der Waals surface area contributed by atoms with Gasteiger partial charge in [-0.1, -0.05) is 6.07 Å². The van der Waals surface area contributed by atoms with Crippen LogP contribution >= 0.6 is 0 Å². The van der Waals surface area contributed by atoms with Crippen molar-refractivity contribution in [2.45, 2.75) is 31.6 Å². The van der Waals surface area contributed by atoms with Crippen molar-refractivity contribution < 1.29 is 9.59 Å². The summed E-state index contributed by atoms with van der Waals surface area (Å²) in [7, 11) is 1.59. The van der Waals surface area contributed by atoms with Crippen molar-refractivity contribution in [3.63, 3.8) is 0 Å². The van der Waals surface area contributed by atoms with E-state index in [-0.39, 0.29) is 17.7 Å². The number of pyridine rings is 1. The zero-order chi connectivity index (χ0) is 17.4. The number of fused-ring (bicyclic) bond motifs is 1. The lowest BCUT2D eigenvalue weighted by atomic mass is 9.96. The van der Waals surface area contributed by atoms with Crippen LogP contribution in [0.1, 0.15) is 37.4 Å². The highest BCUT2D eigenvalue weighted by atomic mass is 16.2. The van der Waals surface area contributed by atoms with E-state index in [4.69, 9.17) is 0 Å². The smallest absolute Gasteiger partial charge is 0.270 e. The molecule has 0 spiro atoms. The van der Waals surface area contributed by atoms with Crippen LogP contribution in [0, 0.1) is 0 Å². The molecule has 8 heteroatoms. The van der Waals surface area contributed by atoms with Gasteiger partial charge in [0.15, 0.2) is 5.65 Å². The van der Waals surface area contributed by atoms with Crippen LogP contribution in [-0.2, 0) is 9.59 Å². The van der Waals surface area contributed by atoms with Crippen molar-refractivity contribution in [2.75, 3.05) is 20.1 Å². The molecule has 1 unspecified atom stereocenters. The van der Waals surface area contributed by atoms with Crippen molar-refractivity contribution in [1.29, 1.82) is 0 Å². The van der Waals surface area contributed by atoms with Crippen molar-refractivity contribution >= 4 is 23.2 Å². The molecule has 1 saturated heterocycles. The number of hydrogen-bond donors (Lipinski definition) is 0. The molecule has 130 valence electrons. The summed E-state index contributed by atoms with van der Waals surface area (Å²) in [4.78, 5) is 26.2. The van der Waals surface area contributed by atoms with E-state index in [2.05, 4.69) is 15.3 Å². The molecule has 0 N–H and O–H groups in total. The SMILES string of the molecule is CN1N=C(C(=O)N2CCCC(c3nnc4ccccn34)C2)CCC1=O. The van der Waals surface area contributed by atoms with Crippen LogP contribution in [0.2, 0.25) is 0 Å². The zero-order valence-electron chi connectivity index (χ0n) is 14.1. The fraction of sp³-hybridized carbons (Fsp3) is 0.471. The van der Waals surface area contributed by atoms with E-state index in [0.29, 0.717) is 31.6 Å². The maximum atomic E-state index is 12.8. The third-order valence-corrected chi connectivity index (χ3v) is 4.87. The van der Waals surface area contributed by atoms with Crippen molar-refractivity contribution in [2.24, 2.45) is 5.10 Å². The van der Waals surface area contributed by atoms with Crippen LogP contribution in [0.5, 0.6) is 0 Å². The van der Waals surface area contributed by atoms with Crippen molar-refractivity contribution in [3.8, 4) is 0 Å². The summed E-state index contributed by atoms with van der Waals surface area (Å²) in [5, 5.41) is 14.0. The van der Waals surface area contributed by atoms with Gasteiger partial charge < -0.3 is 4.90 Å². The Balaban J connectivity index is 1.54. The predicted molar refractivity (Wildman–Crippen MR) is 91.0 cm³/mol. The predicted octanol–water partition coefficient (Wildman–Crippen LogP) is 1.04. The fourth-order valence-corrected chi connectivity index (χ4v) is 3.52. The Kier molecular flexibility index (Phi) is 3.95. The van der Waals surface area contributed by atoms with Crippen molar-refractivity contribution in [3.05, 3.63) is 30.2 Å². The first-order chi connectivity index (χ1) is 12.1. The van der Waals surface area contributed by atoms with Gasteiger partial charge in [-0.3, -0.25) is 14.0 Å². The minimum Gasteiger partial charge on any atom is -0.337 e. The van der Waals surface area contributed by atoms with Gasteiger partial charge >= 0.3 is 0 Å². The molecular formula is C17H20N6O2. The summed E-state index contributed by atoms with van der Waals surface area (Å²) in [6.45, 7) is 1.31. The van der Waals surface area contributed by atoms with E-state index in [1.165, 1.54) is 5.01 Å². The molecule has 2 aromatic rings. The number of likely N-dealkylation sites (tertiary alicyclic amines) is 1. The summed E-state index contributed by atoms with van der Waals surface area (Å²) in [6.07, 6.45) is 4.60. The van der Waals surface area contributed by atoms with Crippen LogP contribution in [0.25, 0.3) is 5.65 Å². The average molecular weight is 340 g/mol. The zero-order valence-corrected chi connectivity index (χ0v) is 14.1. The van der Waals surface area contributed by atoms with E-state index >= 15 is 0 Å². The van der Waals surface area contributed by atoms with Crippen LogP contribution in [-0.4, -0.2) is 62.2 Å². The maximum absolute atomic E-state index is 12.8. The Bertz CT molecular complexity index is 858. The molecule has 4 rings (SSSR count). The van der Waals surface area contributed by atoms with Crippen LogP contribution in [0.4, 0.5) is 0 Å². The minimum absolute atomic E-state index is 0.0528. The molecule has 25 heavy (non-hydrogen) atoms. The molecule has 2 aromatic heterocycles. The Hall–Kier alpha value is -2.77. The number of carbonyl (C=O) groups excluding carboxylic acids is 2. The van der Waals surface area contributed by atoms with Gasteiger partial charge in [-0.15, -0.1) is 10.2 Å². The summed E-state index contributed by atoms with van der Waals surface area (Å²) in [5.74, 6) is 0.922. The first-order valence-corrected chi connectivity index (χ1v) is 8.56. The van der Waals surface area contributed by atoms with Gasteiger partial charge in [0, 0.05) is 45.1 Å². The Morgan fingerprint density at radius 3 is 2.96 bits per heavy atom. The summed E-state index contributed by atoms with van der Waals surface area (Å²) in [6, 6.07) is 5.81. The van der Waals surface area contributed by atoms with Crippen LogP contribution in [0.15, 0.2) is 29.5 Å². The molecule has 4 heterocycles. The van der Waals surface area contributed by atoms with E-state index < -0.39 is 0 Å². The van der Waals surface area contributed by atoms with Gasteiger partial charge in [0.2, 0.25) is 5.91 Å². The molecule has 8 nitrogen and oxygen atoms in total. The number of piperidine rings is 1. The standard InChI is InChI=1S/C17H20N6O2/c1-21-15(24)8-7-13(20-21)17(25)22-9-4-5-12(11-22)16-19-18-14-6-2-3-10-23(14)16/h2-3,6,10,12H,4-5,7-9,11H2,1H3. The summed E-state index contributed by atoms with van der Waals surface area (Å²) < 4.78 is 1.99. The second-order valence-corrected chi connectivity index (χ2v) is 6.54. The molecule has 2 aliphatic rings. The van der Waals surface area contributed by atoms with Gasteiger partial charge in [-0.2, -0.15) is 5.10 Å². The third-order valence-electron chi connectivity index (χ3n) is 4.87. The summed E-state index contributed by atoms with van der Waals surface area (Å²) >= 11 is 0. The lowest BCUT2D eigenvalue weighted by Crippen LogP contribution is -2.45. The average Bonchev–Trinajstić information content (AvgIpc) is 3.08. The number of hydrogen-bond acceptors (Lipinski definition) is 5. The van der Waals surface area contributed by atoms with Gasteiger partial charge in [0.05, 0.1) is 0 Å². The largest absolute Gasteiger partial charge is 0.337 e. The quantitative estimate of drug-likeness (QED) is 0.818. The highest BCUT2D eigenvalue weighted by Gasteiger charge is 2.31. The first kappa shape index (κ1) is 15.7. The normalized spacial score (nSPS) is 21.6. The second-order valence-electron chi connectivity index (χ2n) is 6.54. The van der Waals surface area contributed by atoms with Gasteiger partial charge in [0.25, 0.3) is 5.91 Å². The highest BCUT2D eigenvalue weighted by Crippen LogP contribution is 2.26. The number of rotatable bonds is 2. The molecule has 0 aromatic carbocycles. The Morgan fingerprint density at radius 2 is 2.12 bits per heavy atom. The monoisotopic (exact) mass is 340 g/mol. The fourth-order valence-electron chi connectivity index (χ4n) is 3.52. The number of nitrogens with zero attached hydrogens (tertiary/aromatic N) is 6. The van der Waals surface area contributed by atoms with Crippen molar-refractivity contribution in [1.82, 2.24) is 24.5 Å². The van der Waals surface area contributed by atoms with Crippen LogP contribution < -0.4 is 0 Å². The minimum atomic E-state index is -0.0714. The molecule has 1 fully saturated rings. The van der Waals surface area contributed by atoms with Gasteiger partial charge in [-0.05, 0) is 25.0 Å². The molecule has 1 atom stereocenters. The molecule has 0 bridgehead atoms. The summed E-state index contributed by atoms with van der Waals surface area (Å²) in [5.41, 5.74) is 1.28. The highest BCUT2D eigenvalue weighted by molar-refractivity contribution is 6.39. The molecule has 0 aliphatic carbocycles. The van der Waals surface area contributed by atoms with E-state index in [0.717, 1.165) is 24.3 Å². The van der Waals surface area contributed by atoms with E-state index in [1.54, 1.807) is 7.05 Å². The topological polar surface area (TPSA) is 83.2 Å². The number of amides is 2. The molecule has 0 radical (unpaired) electrons. The third kappa shape index (κ3) is 2.88. The van der Waals surface area contributed by atoms with E-state index in [9.17, 15) is 9.59 Å². The molecular weight excluding hydrogens is 320 g/mol. The lowest BCUT2D eigenvalue weighted by Gasteiger charge is -2.33. The molecule has 2 amide bonds. The molecule has 2 aliphatic heterocycles. The number of aromatic nitrogens is 3. The van der Waals surface area contributed by atoms with Gasteiger partial charge in [-0.25, -0.2) is 5.01 Å². The first-order valence-electron chi connectivity index (χ1n) is 8.56. The Morgan fingerprint density at radius 1 is 1.24 bits per heavy atom. The second kappa shape index (κ2) is 6.27. The maximum Gasteiger partial charge on any atom is 0.270 e. The number of hydrazone groups is 1. The Labute approximate surface area is 145 Å². The number of carbonyl (C=O) groups is 2. The lowest BCUT2D eigenvalue weighted by molar-refractivity contribution is -0.130. The van der Waals surface area contributed by atoms with E-state index in [1.807, 2.05) is 33.7 Å². The molecule has 0 saturated carbocycles. The van der Waals surface area contributed by atoms with Crippen LogP contribution in [0.3, 0.4) is 0 Å².